The van der Waals surface area contributed by atoms with Gasteiger partial charge in [0, 0.05) is 11.9 Å². The van der Waals surface area contributed by atoms with E-state index in [-0.39, 0.29) is 0 Å². The predicted molar refractivity (Wildman–Crippen MR) is 46.4 cm³/mol. The number of aromatic nitrogens is 1. The van der Waals surface area contributed by atoms with Crippen molar-refractivity contribution < 1.29 is 0 Å². The van der Waals surface area contributed by atoms with Crippen LogP contribution in [0.3, 0.4) is 0 Å². The van der Waals surface area contributed by atoms with Crippen molar-refractivity contribution in [3.63, 3.8) is 0 Å². The van der Waals surface area contributed by atoms with E-state index >= 15 is 0 Å². The Morgan fingerprint density at radius 1 is 1.40 bits per heavy atom. The number of hydrogen-bond acceptors (Lipinski definition) is 2. The molecule has 1 aromatic rings. The van der Waals surface area contributed by atoms with E-state index in [1.54, 1.807) is 0 Å². The van der Waals surface area contributed by atoms with Crippen LogP contribution in [0.4, 0.5) is 0 Å². The van der Waals surface area contributed by atoms with Gasteiger partial charge in [0.1, 0.15) is 0 Å². The minimum Gasteiger partial charge on any atom is -0.261 e. The molecule has 0 N–H and O–H groups in total. The Bertz CT molecular complexity index is 174. The lowest BCUT2D eigenvalue weighted by Gasteiger charge is -1.95. The van der Waals surface area contributed by atoms with Gasteiger partial charge in [0.2, 0.25) is 0 Å². The standard InChI is InChI=1S/C8H11NS/c10-7-3-5-8-4-1-2-6-9-8/h1-2,4,6,10H,3,5,7H2. The van der Waals surface area contributed by atoms with Crippen LogP contribution < -0.4 is 0 Å². The fourth-order valence-electron chi connectivity index (χ4n) is 0.806. The molecule has 1 heterocycles. The highest BCUT2D eigenvalue weighted by Gasteiger charge is 1.89. The number of rotatable bonds is 3. The molecule has 10 heavy (non-hydrogen) atoms. The summed E-state index contributed by atoms with van der Waals surface area (Å²) in [6.45, 7) is 0. The van der Waals surface area contributed by atoms with Crippen LogP contribution in [0.25, 0.3) is 0 Å². The summed E-state index contributed by atoms with van der Waals surface area (Å²) in [5.41, 5.74) is 1.16. The van der Waals surface area contributed by atoms with Crippen molar-refractivity contribution >= 4 is 12.6 Å². The SMILES string of the molecule is SCCCc1ccccn1. The molecule has 1 nitrogen and oxygen atoms in total. The molecule has 0 aromatic carbocycles. The van der Waals surface area contributed by atoms with E-state index in [1.807, 2.05) is 24.4 Å². The topological polar surface area (TPSA) is 12.9 Å². The molecule has 0 aliphatic carbocycles. The van der Waals surface area contributed by atoms with Crippen molar-refractivity contribution in [2.24, 2.45) is 0 Å². The first-order valence-corrected chi connectivity index (χ1v) is 4.07. The van der Waals surface area contributed by atoms with E-state index in [0.717, 1.165) is 24.3 Å². The average Bonchev–Trinajstić information content (AvgIpc) is 2.03. The zero-order valence-electron chi connectivity index (χ0n) is 5.83. The third-order valence-corrected chi connectivity index (χ3v) is 1.63. The van der Waals surface area contributed by atoms with Crippen LogP contribution in [0, 0.1) is 0 Å². The summed E-state index contributed by atoms with van der Waals surface area (Å²) in [5.74, 6) is 0.941. The molecule has 0 spiro atoms. The van der Waals surface area contributed by atoms with Crippen LogP contribution in [-0.2, 0) is 6.42 Å². The second-order valence-corrected chi connectivity index (χ2v) is 2.60. The number of hydrogen-bond donors (Lipinski definition) is 1. The first-order chi connectivity index (χ1) is 4.93. The Labute approximate surface area is 66.9 Å². The van der Waals surface area contributed by atoms with Crippen molar-refractivity contribution in [3.05, 3.63) is 30.1 Å². The van der Waals surface area contributed by atoms with Gasteiger partial charge in [-0.15, -0.1) is 0 Å². The van der Waals surface area contributed by atoms with Gasteiger partial charge in [-0.25, -0.2) is 0 Å². The number of thiol groups is 1. The predicted octanol–water partition coefficient (Wildman–Crippen LogP) is 1.94. The van der Waals surface area contributed by atoms with Gasteiger partial charge < -0.3 is 0 Å². The Balaban J connectivity index is 2.43. The maximum Gasteiger partial charge on any atom is 0.0403 e. The van der Waals surface area contributed by atoms with Crippen LogP contribution in [0.1, 0.15) is 12.1 Å². The molecule has 2 heteroatoms. The molecule has 0 saturated heterocycles. The summed E-state index contributed by atoms with van der Waals surface area (Å²) >= 11 is 4.12. The van der Waals surface area contributed by atoms with E-state index in [0.29, 0.717) is 0 Å². The average molecular weight is 153 g/mol. The molecule has 0 aliphatic heterocycles. The molecule has 54 valence electrons. The van der Waals surface area contributed by atoms with Crippen molar-refractivity contribution in [3.8, 4) is 0 Å². The van der Waals surface area contributed by atoms with E-state index in [1.165, 1.54) is 0 Å². The van der Waals surface area contributed by atoms with Crippen molar-refractivity contribution in [2.45, 2.75) is 12.8 Å². The molecule has 0 saturated carbocycles. The Kier molecular flexibility index (Phi) is 3.30. The molecular weight excluding hydrogens is 142 g/mol. The van der Waals surface area contributed by atoms with Gasteiger partial charge in [0.05, 0.1) is 0 Å². The van der Waals surface area contributed by atoms with Gasteiger partial charge >= 0.3 is 0 Å². The smallest absolute Gasteiger partial charge is 0.0403 e. The molecule has 0 unspecified atom stereocenters. The van der Waals surface area contributed by atoms with Gasteiger partial charge in [0.25, 0.3) is 0 Å². The zero-order chi connectivity index (χ0) is 7.23. The van der Waals surface area contributed by atoms with Crippen LogP contribution in [0.2, 0.25) is 0 Å². The van der Waals surface area contributed by atoms with Gasteiger partial charge in [-0.05, 0) is 30.7 Å². The summed E-state index contributed by atoms with van der Waals surface area (Å²) in [6.07, 6.45) is 3.98. The summed E-state index contributed by atoms with van der Waals surface area (Å²) in [7, 11) is 0. The lowest BCUT2D eigenvalue weighted by Crippen LogP contribution is -1.88. The highest BCUT2D eigenvalue weighted by molar-refractivity contribution is 7.80. The Hall–Kier alpha value is -0.500. The maximum atomic E-state index is 4.18. The van der Waals surface area contributed by atoms with Gasteiger partial charge in [-0.2, -0.15) is 12.6 Å². The van der Waals surface area contributed by atoms with Gasteiger partial charge in [0.15, 0.2) is 0 Å². The first kappa shape index (κ1) is 7.61. The van der Waals surface area contributed by atoms with E-state index in [2.05, 4.69) is 17.6 Å². The third kappa shape index (κ3) is 2.40. The molecule has 0 fully saturated rings. The van der Waals surface area contributed by atoms with Crippen LogP contribution >= 0.6 is 12.6 Å². The summed E-state index contributed by atoms with van der Waals surface area (Å²) < 4.78 is 0. The van der Waals surface area contributed by atoms with E-state index in [4.69, 9.17) is 0 Å². The second kappa shape index (κ2) is 4.34. The van der Waals surface area contributed by atoms with Crippen LogP contribution in [0.5, 0.6) is 0 Å². The quantitative estimate of drug-likeness (QED) is 0.655. The third-order valence-electron chi connectivity index (χ3n) is 1.32. The Morgan fingerprint density at radius 2 is 2.30 bits per heavy atom. The summed E-state index contributed by atoms with van der Waals surface area (Å²) in [5, 5.41) is 0. The minimum absolute atomic E-state index is 0.941. The second-order valence-electron chi connectivity index (χ2n) is 2.15. The first-order valence-electron chi connectivity index (χ1n) is 3.44. The molecule has 0 atom stereocenters. The molecule has 0 amide bonds. The molecule has 0 aliphatic rings. The van der Waals surface area contributed by atoms with Crippen molar-refractivity contribution in [1.29, 1.82) is 0 Å². The lowest BCUT2D eigenvalue weighted by molar-refractivity contribution is 0.894. The molecule has 0 radical (unpaired) electrons. The summed E-state index contributed by atoms with van der Waals surface area (Å²) in [4.78, 5) is 4.18. The zero-order valence-corrected chi connectivity index (χ0v) is 6.72. The van der Waals surface area contributed by atoms with Crippen LogP contribution in [-0.4, -0.2) is 10.7 Å². The molecular formula is C8H11NS. The number of aryl methyl sites for hydroxylation is 1. The van der Waals surface area contributed by atoms with Gasteiger partial charge in [-0.3, -0.25) is 4.98 Å². The van der Waals surface area contributed by atoms with E-state index < -0.39 is 0 Å². The monoisotopic (exact) mass is 153 g/mol. The number of pyridine rings is 1. The summed E-state index contributed by atoms with van der Waals surface area (Å²) in [6, 6.07) is 5.99. The van der Waals surface area contributed by atoms with Crippen molar-refractivity contribution in [2.75, 3.05) is 5.75 Å². The molecule has 1 rings (SSSR count). The highest BCUT2D eigenvalue weighted by atomic mass is 32.1. The van der Waals surface area contributed by atoms with Gasteiger partial charge in [-0.1, -0.05) is 6.07 Å². The molecule has 0 bridgehead atoms. The maximum absolute atomic E-state index is 4.18. The lowest BCUT2D eigenvalue weighted by atomic mass is 10.2. The Morgan fingerprint density at radius 3 is 2.90 bits per heavy atom. The van der Waals surface area contributed by atoms with Crippen molar-refractivity contribution in [1.82, 2.24) is 4.98 Å². The fraction of sp³-hybridized carbons (Fsp3) is 0.375. The fourth-order valence-corrected chi connectivity index (χ4v) is 0.964. The highest BCUT2D eigenvalue weighted by Crippen LogP contribution is 1.98. The van der Waals surface area contributed by atoms with Crippen LogP contribution in [0.15, 0.2) is 24.4 Å². The van der Waals surface area contributed by atoms with E-state index in [9.17, 15) is 0 Å². The largest absolute Gasteiger partial charge is 0.261 e. The minimum atomic E-state index is 0.941. The molecule has 1 aromatic heterocycles. The number of nitrogens with zero attached hydrogens (tertiary/aromatic N) is 1. The normalized spacial score (nSPS) is 9.70.